The van der Waals surface area contributed by atoms with Crippen molar-refractivity contribution in [3.05, 3.63) is 59.7 Å². The van der Waals surface area contributed by atoms with Crippen LogP contribution in [0.3, 0.4) is 0 Å². The second-order valence-corrected chi connectivity index (χ2v) is 8.35. The molecule has 0 spiro atoms. The van der Waals surface area contributed by atoms with Crippen LogP contribution >= 0.6 is 0 Å². The Balaban J connectivity index is 1.50. The Morgan fingerprint density at radius 1 is 1.11 bits per heavy atom. The predicted octanol–water partition coefficient (Wildman–Crippen LogP) is 2.44. The molecule has 2 aromatic rings. The lowest BCUT2D eigenvalue weighted by molar-refractivity contribution is 0.114. The number of benzene rings is 2. The molecule has 0 aromatic heterocycles. The van der Waals surface area contributed by atoms with Crippen molar-refractivity contribution in [1.82, 2.24) is 10.0 Å². The molecule has 6 nitrogen and oxygen atoms in total. The Hall–Kier alpha value is -1.93. The maximum Gasteiger partial charge on any atom is 0.240 e. The van der Waals surface area contributed by atoms with Crippen molar-refractivity contribution in [3.63, 3.8) is 0 Å². The van der Waals surface area contributed by atoms with Crippen LogP contribution in [0.25, 0.3) is 0 Å². The van der Waals surface area contributed by atoms with Crippen LogP contribution in [0.1, 0.15) is 24.0 Å². The van der Waals surface area contributed by atoms with Crippen LogP contribution in [0.4, 0.5) is 0 Å². The highest BCUT2D eigenvalue weighted by atomic mass is 32.2. The van der Waals surface area contributed by atoms with E-state index in [0.717, 1.165) is 29.7 Å². The van der Waals surface area contributed by atoms with Crippen molar-refractivity contribution in [3.8, 4) is 5.75 Å². The number of nitrogens with one attached hydrogen (secondary N) is 2. The molecule has 2 N–H and O–H groups in total. The zero-order valence-corrected chi connectivity index (χ0v) is 16.3. The summed E-state index contributed by atoms with van der Waals surface area (Å²) < 4.78 is 38.0. The highest BCUT2D eigenvalue weighted by molar-refractivity contribution is 7.89. The monoisotopic (exact) mass is 390 g/mol. The SMILES string of the molecule is COc1cccc(CNCc2ccc(S(=O)(=O)NCC3CCCO3)cc2)c1. The molecule has 1 aliphatic heterocycles. The molecule has 1 fully saturated rings. The van der Waals surface area contributed by atoms with Gasteiger partial charge in [0.1, 0.15) is 5.75 Å². The van der Waals surface area contributed by atoms with Gasteiger partial charge in [-0.1, -0.05) is 24.3 Å². The number of sulfonamides is 1. The molecule has 2 aromatic carbocycles. The van der Waals surface area contributed by atoms with E-state index in [1.807, 2.05) is 36.4 Å². The zero-order valence-electron chi connectivity index (χ0n) is 15.5. The summed E-state index contributed by atoms with van der Waals surface area (Å²) in [7, 11) is -1.85. The van der Waals surface area contributed by atoms with Gasteiger partial charge in [0.15, 0.2) is 0 Å². The van der Waals surface area contributed by atoms with Crippen LogP contribution in [-0.4, -0.2) is 34.8 Å². The van der Waals surface area contributed by atoms with Crippen LogP contribution in [0.15, 0.2) is 53.4 Å². The van der Waals surface area contributed by atoms with Crippen LogP contribution in [0, 0.1) is 0 Å². The first-order chi connectivity index (χ1) is 13.1. The van der Waals surface area contributed by atoms with Gasteiger partial charge >= 0.3 is 0 Å². The van der Waals surface area contributed by atoms with Gasteiger partial charge in [0, 0.05) is 26.2 Å². The highest BCUT2D eigenvalue weighted by Gasteiger charge is 2.20. The van der Waals surface area contributed by atoms with Gasteiger partial charge in [-0.05, 0) is 48.2 Å². The van der Waals surface area contributed by atoms with Crippen LogP contribution < -0.4 is 14.8 Å². The summed E-state index contributed by atoms with van der Waals surface area (Å²) >= 11 is 0. The lowest BCUT2D eigenvalue weighted by Gasteiger charge is -2.12. The molecular weight excluding hydrogens is 364 g/mol. The first-order valence-electron chi connectivity index (χ1n) is 9.11. The maximum atomic E-state index is 12.4. The summed E-state index contributed by atoms with van der Waals surface area (Å²) in [5.41, 5.74) is 2.16. The molecule has 1 atom stereocenters. The van der Waals surface area contributed by atoms with Crippen molar-refractivity contribution in [2.75, 3.05) is 20.3 Å². The standard InChI is InChI=1S/C20H26N2O4S/c1-25-18-5-2-4-17(12-18)14-21-13-16-7-9-20(10-8-16)27(23,24)22-15-19-6-3-11-26-19/h2,4-5,7-10,12,19,21-22H,3,6,11,13-15H2,1H3. The Morgan fingerprint density at radius 3 is 2.59 bits per heavy atom. The van der Waals surface area contributed by atoms with Gasteiger partial charge < -0.3 is 14.8 Å². The topological polar surface area (TPSA) is 76.7 Å². The third-order valence-corrected chi connectivity index (χ3v) is 5.99. The van der Waals surface area contributed by atoms with E-state index in [1.54, 1.807) is 19.2 Å². The lowest BCUT2D eigenvalue weighted by Crippen LogP contribution is -2.31. The molecule has 27 heavy (non-hydrogen) atoms. The van der Waals surface area contributed by atoms with E-state index in [4.69, 9.17) is 9.47 Å². The van der Waals surface area contributed by atoms with Crippen LogP contribution in [0.5, 0.6) is 5.75 Å². The third-order valence-electron chi connectivity index (χ3n) is 4.55. The molecule has 0 radical (unpaired) electrons. The van der Waals surface area contributed by atoms with Gasteiger partial charge in [-0.2, -0.15) is 0 Å². The van der Waals surface area contributed by atoms with Crippen LogP contribution in [0.2, 0.25) is 0 Å². The molecule has 1 saturated heterocycles. The molecule has 7 heteroatoms. The van der Waals surface area contributed by atoms with E-state index in [-0.39, 0.29) is 11.0 Å². The van der Waals surface area contributed by atoms with Crippen molar-refractivity contribution in [1.29, 1.82) is 0 Å². The summed E-state index contributed by atoms with van der Waals surface area (Å²) in [6, 6.07) is 14.8. The molecule has 1 heterocycles. The minimum Gasteiger partial charge on any atom is -0.497 e. The summed E-state index contributed by atoms with van der Waals surface area (Å²) in [5.74, 6) is 0.833. The molecule has 146 valence electrons. The highest BCUT2D eigenvalue weighted by Crippen LogP contribution is 2.15. The molecule has 0 bridgehead atoms. The van der Waals surface area contributed by atoms with Crippen LogP contribution in [-0.2, 0) is 27.8 Å². The van der Waals surface area contributed by atoms with Gasteiger partial charge in [0.05, 0.1) is 18.1 Å². The molecular formula is C20H26N2O4S. The summed E-state index contributed by atoms with van der Waals surface area (Å²) in [5, 5.41) is 3.35. The Kier molecular flexibility index (Phi) is 6.84. The maximum absolute atomic E-state index is 12.4. The van der Waals surface area contributed by atoms with Crippen molar-refractivity contribution < 1.29 is 17.9 Å². The molecule has 1 unspecified atom stereocenters. The fourth-order valence-electron chi connectivity index (χ4n) is 3.01. The zero-order chi connectivity index (χ0) is 19.1. The Morgan fingerprint density at radius 2 is 1.89 bits per heavy atom. The fraction of sp³-hybridized carbons (Fsp3) is 0.400. The fourth-order valence-corrected chi connectivity index (χ4v) is 4.08. The van der Waals surface area contributed by atoms with Gasteiger partial charge in [0.25, 0.3) is 0 Å². The molecule has 1 aliphatic rings. The van der Waals surface area contributed by atoms with E-state index < -0.39 is 10.0 Å². The Bertz CT molecular complexity index is 831. The molecule has 0 amide bonds. The van der Waals surface area contributed by atoms with E-state index >= 15 is 0 Å². The smallest absolute Gasteiger partial charge is 0.240 e. The van der Waals surface area contributed by atoms with Gasteiger partial charge in [-0.15, -0.1) is 0 Å². The van der Waals surface area contributed by atoms with Gasteiger partial charge in [-0.3, -0.25) is 0 Å². The molecule has 0 saturated carbocycles. The molecule has 3 rings (SSSR count). The Labute approximate surface area is 160 Å². The number of methoxy groups -OCH3 is 1. The summed E-state index contributed by atoms with van der Waals surface area (Å²) in [6.45, 7) is 2.40. The van der Waals surface area contributed by atoms with E-state index in [2.05, 4.69) is 10.0 Å². The summed E-state index contributed by atoms with van der Waals surface area (Å²) in [6.07, 6.45) is 1.88. The van der Waals surface area contributed by atoms with Crippen molar-refractivity contribution in [2.24, 2.45) is 0 Å². The first-order valence-corrected chi connectivity index (χ1v) is 10.6. The van der Waals surface area contributed by atoms with Crippen molar-refractivity contribution >= 4 is 10.0 Å². The number of ether oxygens (including phenoxy) is 2. The third kappa shape index (κ3) is 5.77. The quantitative estimate of drug-likeness (QED) is 0.688. The van der Waals surface area contributed by atoms with E-state index in [9.17, 15) is 8.42 Å². The number of hydrogen-bond donors (Lipinski definition) is 2. The largest absolute Gasteiger partial charge is 0.497 e. The van der Waals surface area contributed by atoms with E-state index in [0.29, 0.717) is 26.2 Å². The minimum absolute atomic E-state index is 0.0140. The van der Waals surface area contributed by atoms with E-state index in [1.165, 1.54) is 0 Å². The summed E-state index contributed by atoms with van der Waals surface area (Å²) in [4.78, 5) is 0.275. The average Bonchev–Trinajstić information content (AvgIpc) is 3.21. The number of rotatable bonds is 9. The average molecular weight is 391 g/mol. The van der Waals surface area contributed by atoms with Gasteiger partial charge in [-0.25, -0.2) is 13.1 Å². The first kappa shape index (κ1) is 19.8. The second kappa shape index (κ2) is 9.32. The van der Waals surface area contributed by atoms with Crippen molar-refractivity contribution in [2.45, 2.75) is 36.9 Å². The predicted molar refractivity (Wildman–Crippen MR) is 104 cm³/mol. The van der Waals surface area contributed by atoms with Gasteiger partial charge in [0.2, 0.25) is 10.0 Å². The second-order valence-electron chi connectivity index (χ2n) is 6.59. The molecule has 0 aliphatic carbocycles. The number of hydrogen-bond acceptors (Lipinski definition) is 5. The normalized spacial score (nSPS) is 17.1. The minimum atomic E-state index is -3.50. The lowest BCUT2D eigenvalue weighted by atomic mass is 10.2.